The highest BCUT2D eigenvalue weighted by Crippen LogP contribution is 2.13. The zero-order chi connectivity index (χ0) is 47.6. The minimum absolute atomic E-state index is 0. The van der Waals surface area contributed by atoms with Crippen LogP contribution in [-0.4, -0.2) is 173 Å². The zero-order valence-electron chi connectivity index (χ0n) is 39.4. The van der Waals surface area contributed by atoms with E-state index >= 15 is 0 Å². The number of guanidine groups is 1. The van der Waals surface area contributed by atoms with Crippen LogP contribution in [0.25, 0.3) is 0 Å². The molecule has 3 N–H and O–H groups in total. The van der Waals surface area contributed by atoms with Gasteiger partial charge >= 0.3 is 36.4 Å². The van der Waals surface area contributed by atoms with Crippen molar-refractivity contribution < 1.29 is 52.5 Å². The molecule has 1 aromatic rings. The van der Waals surface area contributed by atoms with E-state index in [-0.39, 0.29) is 44.7 Å². The lowest BCUT2D eigenvalue weighted by atomic mass is 10.2. The van der Waals surface area contributed by atoms with Gasteiger partial charge in [0, 0.05) is 53.8 Å². The lowest BCUT2D eigenvalue weighted by Crippen LogP contribution is -2.60. The summed E-state index contributed by atoms with van der Waals surface area (Å²) in [6, 6.07) is 1.52. The summed E-state index contributed by atoms with van der Waals surface area (Å²) < 4.78 is 26.8. The Hall–Kier alpha value is -5.71. The number of carbonyl (C=O) groups is 6. The Morgan fingerprint density at radius 3 is 1.35 bits per heavy atom. The van der Waals surface area contributed by atoms with Gasteiger partial charge in [0.05, 0.1) is 26.7 Å². The normalized spacial score (nSPS) is 16.2. The molecule has 23 nitrogen and oxygen atoms in total. The number of hydrogen-bond acceptors (Lipinski definition) is 13. The van der Waals surface area contributed by atoms with Crippen LogP contribution in [-0.2, 0) is 23.7 Å². The molecule has 4 heterocycles. The number of aromatic nitrogens is 2. The Balaban J connectivity index is 0.000000925. The van der Waals surface area contributed by atoms with Gasteiger partial charge in [-0.25, -0.2) is 33.4 Å². The molecule has 8 amide bonds. The van der Waals surface area contributed by atoms with Crippen molar-refractivity contribution in [3.63, 3.8) is 0 Å². The first-order valence-electron chi connectivity index (χ1n) is 19.9. The van der Waals surface area contributed by atoms with Gasteiger partial charge in [0.1, 0.15) is 22.4 Å². The van der Waals surface area contributed by atoms with Gasteiger partial charge in [-0.3, -0.25) is 16.0 Å². The first kappa shape index (κ1) is 57.3. The molecule has 0 bridgehead atoms. The van der Waals surface area contributed by atoms with E-state index in [4.69, 9.17) is 23.7 Å². The monoisotopic (exact) mass is 899 g/mol. The van der Waals surface area contributed by atoms with Crippen LogP contribution in [0.5, 0.6) is 0 Å². The van der Waals surface area contributed by atoms with Crippen molar-refractivity contribution in [1.82, 2.24) is 50.2 Å². The number of nitrogens with one attached hydrogen (secondary N) is 3. The molecule has 3 aliphatic rings. The van der Waals surface area contributed by atoms with Crippen LogP contribution < -0.4 is 16.0 Å². The topological polar surface area (TPSA) is 243 Å². The van der Waals surface area contributed by atoms with Gasteiger partial charge in [-0.15, -0.1) is 9.98 Å². The summed E-state index contributed by atoms with van der Waals surface area (Å²) in [5.74, 6) is -0.159. The van der Waals surface area contributed by atoms with Gasteiger partial charge in [0.25, 0.3) is 0 Å². The second-order valence-electron chi connectivity index (χ2n) is 18.1. The number of ether oxygens (including phenoxy) is 5. The SMILES string of the molecule is C.C1CCOC1.CC(C)(C)OC(=O)N=C(NC(=O)OC(C)(C)C)n1cccn1.CN1CN(C(=NC(=O)OC(C)(C)C)NC(=O)OC(C)(C)C)CN(C)C1=O.CN1CNCN(C)C1=O. The molecular weight excluding hydrogens is 825 g/mol. The standard InChI is InChI=1S/C16H29N5O5.C14H22N4O4.C5H11N3O.C4H8O.CH4/c1-15(2,3)25-12(22)17-11(18-13(23)26-16(4,5)6)21-9-19(7)14(24)20(8)10-21;1-13(2,3)21-11(19)16-10(18-9-7-8-15-18)17-12(20)22-14(4,5)6;1-7-3-6-4-8(2)5(7)9;1-2-4-5-3-1;/h9-10H2,1-8H3,(H,17,18,22,23);7-9H,1-6H3,(H,16,17,19,20);6H,3-4H2,1-2H3;1-4H2;1H4. The molecule has 0 saturated carbocycles. The van der Waals surface area contributed by atoms with Crippen molar-refractivity contribution in [3.05, 3.63) is 18.5 Å². The quantitative estimate of drug-likeness (QED) is 0.166. The number of urea groups is 2. The lowest BCUT2D eigenvalue weighted by molar-refractivity contribution is 0.0524. The third kappa shape index (κ3) is 25.7. The van der Waals surface area contributed by atoms with Crippen LogP contribution in [0.15, 0.2) is 28.4 Å². The first-order chi connectivity index (χ1) is 28.4. The van der Waals surface area contributed by atoms with E-state index in [1.54, 1.807) is 132 Å². The first-order valence-corrected chi connectivity index (χ1v) is 19.9. The van der Waals surface area contributed by atoms with Crippen LogP contribution in [0.3, 0.4) is 0 Å². The molecule has 0 aromatic carbocycles. The summed E-state index contributed by atoms with van der Waals surface area (Å²) >= 11 is 0. The van der Waals surface area contributed by atoms with Crippen molar-refractivity contribution in [1.29, 1.82) is 0 Å². The number of hydrogen-bond donors (Lipinski definition) is 3. The molecule has 360 valence electrons. The molecule has 0 aliphatic carbocycles. The largest absolute Gasteiger partial charge is 0.444 e. The van der Waals surface area contributed by atoms with Crippen LogP contribution in [0.4, 0.5) is 28.8 Å². The van der Waals surface area contributed by atoms with E-state index < -0.39 is 46.8 Å². The number of alkyl carbamates (subject to hydrolysis) is 2. The van der Waals surface area contributed by atoms with Crippen LogP contribution in [0.2, 0.25) is 0 Å². The predicted molar refractivity (Wildman–Crippen MR) is 237 cm³/mol. The molecule has 0 spiro atoms. The molecular formula is C40H74N12O11. The van der Waals surface area contributed by atoms with E-state index in [9.17, 15) is 28.8 Å². The van der Waals surface area contributed by atoms with Gasteiger partial charge < -0.3 is 48.2 Å². The summed E-state index contributed by atoms with van der Waals surface area (Å²) in [7, 11) is 6.74. The molecule has 0 unspecified atom stereocenters. The average Bonchev–Trinajstić information content (AvgIpc) is 3.84. The maximum Gasteiger partial charge on any atom is 0.437 e. The van der Waals surface area contributed by atoms with E-state index in [0.717, 1.165) is 13.2 Å². The maximum absolute atomic E-state index is 12.1. The molecule has 0 radical (unpaired) electrons. The minimum atomic E-state index is -0.856. The van der Waals surface area contributed by atoms with Crippen LogP contribution >= 0.6 is 0 Å². The Bertz CT molecular complexity index is 1660. The van der Waals surface area contributed by atoms with E-state index in [1.165, 1.54) is 39.7 Å². The smallest absolute Gasteiger partial charge is 0.437 e. The van der Waals surface area contributed by atoms with Crippen LogP contribution in [0, 0.1) is 0 Å². The number of amides is 8. The second kappa shape index (κ2) is 25.4. The Kier molecular flexibility index (Phi) is 23.1. The highest BCUT2D eigenvalue weighted by molar-refractivity contribution is 6.00. The second-order valence-corrected chi connectivity index (χ2v) is 18.1. The molecule has 4 rings (SSSR count). The van der Waals surface area contributed by atoms with Crippen molar-refractivity contribution in [2.75, 3.05) is 68.1 Å². The molecule has 0 atom stereocenters. The van der Waals surface area contributed by atoms with Crippen molar-refractivity contribution in [3.8, 4) is 0 Å². The Morgan fingerprint density at radius 1 is 0.635 bits per heavy atom. The van der Waals surface area contributed by atoms with Crippen molar-refractivity contribution >= 4 is 48.4 Å². The van der Waals surface area contributed by atoms with Gasteiger partial charge in [-0.1, -0.05) is 7.43 Å². The summed E-state index contributed by atoms with van der Waals surface area (Å²) in [4.78, 5) is 85.9. The van der Waals surface area contributed by atoms with Crippen LogP contribution in [0.1, 0.15) is 103 Å². The lowest BCUT2D eigenvalue weighted by Gasteiger charge is -2.39. The minimum Gasteiger partial charge on any atom is -0.444 e. The van der Waals surface area contributed by atoms with Gasteiger partial charge in [-0.2, -0.15) is 5.10 Å². The summed E-state index contributed by atoms with van der Waals surface area (Å²) in [6.07, 6.45) is 2.37. The van der Waals surface area contributed by atoms with E-state index in [1.807, 2.05) is 0 Å². The molecule has 23 heteroatoms. The van der Waals surface area contributed by atoms with Gasteiger partial charge in [-0.05, 0) is 102 Å². The van der Waals surface area contributed by atoms with Crippen molar-refractivity contribution in [2.45, 2.75) is 126 Å². The molecule has 3 aliphatic heterocycles. The Morgan fingerprint density at radius 2 is 1.02 bits per heavy atom. The molecule has 3 fully saturated rings. The molecule has 63 heavy (non-hydrogen) atoms. The molecule has 3 saturated heterocycles. The number of rotatable bonds is 0. The number of aliphatic imine (C=N–C) groups is 2. The van der Waals surface area contributed by atoms with Gasteiger partial charge in [0.2, 0.25) is 11.9 Å². The predicted octanol–water partition coefficient (Wildman–Crippen LogP) is 5.48. The summed E-state index contributed by atoms with van der Waals surface area (Å²) in [5, 5.41) is 11.8. The highest BCUT2D eigenvalue weighted by atomic mass is 16.6. The van der Waals surface area contributed by atoms with E-state index in [2.05, 4.69) is 31.0 Å². The van der Waals surface area contributed by atoms with Gasteiger partial charge in [0.15, 0.2) is 0 Å². The van der Waals surface area contributed by atoms with E-state index in [0.29, 0.717) is 13.3 Å². The summed E-state index contributed by atoms with van der Waals surface area (Å²) in [6.45, 7) is 24.2. The third-order valence-electron chi connectivity index (χ3n) is 7.02. The number of carbonyl (C=O) groups excluding carboxylic acids is 6. The fourth-order valence-electron chi connectivity index (χ4n) is 4.67. The fraction of sp³-hybridized carbons (Fsp3) is 0.725. The Labute approximate surface area is 372 Å². The van der Waals surface area contributed by atoms with Crippen molar-refractivity contribution in [2.24, 2.45) is 9.98 Å². The average molecular weight is 899 g/mol. The highest BCUT2D eigenvalue weighted by Gasteiger charge is 2.30. The third-order valence-corrected chi connectivity index (χ3v) is 7.02. The summed E-state index contributed by atoms with van der Waals surface area (Å²) in [5.41, 5.74) is -2.82. The zero-order valence-corrected chi connectivity index (χ0v) is 39.4. The number of nitrogens with zero attached hydrogens (tertiary/aromatic N) is 9. The maximum atomic E-state index is 12.1. The fourth-order valence-corrected chi connectivity index (χ4v) is 4.67. The molecule has 1 aromatic heterocycles.